The maximum absolute atomic E-state index is 12.7. The highest BCUT2D eigenvalue weighted by Crippen LogP contribution is 2.26. The van der Waals surface area contributed by atoms with Crippen LogP contribution in [-0.4, -0.2) is 19.9 Å². The molecule has 0 aliphatic heterocycles. The number of rotatable bonds is 6. The number of thiazole rings is 1. The second-order valence-electron chi connectivity index (χ2n) is 5.87. The maximum atomic E-state index is 12.7. The lowest BCUT2D eigenvalue weighted by Gasteiger charge is -2.11. The predicted molar refractivity (Wildman–Crippen MR) is 102 cm³/mol. The molecule has 4 nitrogen and oxygen atoms in total. The van der Waals surface area contributed by atoms with Crippen LogP contribution < -0.4 is 4.72 Å². The summed E-state index contributed by atoms with van der Waals surface area (Å²) < 4.78 is 28.1. The maximum Gasteiger partial charge on any atom is 0.240 e. The first-order chi connectivity index (χ1) is 12.0. The van der Waals surface area contributed by atoms with Gasteiger partial charge in [0.2, 0.25) is 10.0 Å². The smallest absolute Gasteiger partial charge is 0.240 e. The Bertz CT molecular complexity index is 964. The van der Waals surface area contributed by atoms with E-state index in [9.17, 15) is 8.42 Å². The van der Waals surface area contributed by atoms with E-state index in [0.29, 0.717) is 17.9 Å². The highest BCUT2D eigenvalue weighted by molar-refractivity contribution is 7.89. The quantitative estimate of drug-likeness (QED) is 0.713. The van der Waals surface area contributed by atoms with Crippen molar-refractivity contribution >= 4 is 21.4 Å². The third-order valence-electron chi connectivity index (χ3n) is 3.94. The Morgan fingerprint density at radius 2 is 1.84 bits per heavy atom. The van der Waals surface area contributed by atoms with Crippen LogP contribution >= 0.6 is 11.3 Å². The summed E-state index contributed by atoms with van der Waals surface area (Å²) in [6.45, 7) is 4.11. The van der Waals surface area contributed by atoms with Crippen molar-refractivity contribution in [3.8, 4) is 11.3 Å². The van der Waals surface area contributed by atoms with Crippen molar-refractivity contribution in [2.24, 2.45) is 0 Å². The molecule has 0 saturated carbocycles. The van der Waals surface area contributed by atoms with Gasteiger partial charge in [-0.1, -0.05) is 42.5 Å². The van der Waals surface area contributed by atoms with Gasteiger partial charge in [0, 0.05) is 17.5 Å². The Kier molecular flexibility index (Phi) is 5.32. The zero-order valence-electron chi connectivity index (χ0n) is 14.2. The Hall–Kier alpha value is -2.02. The van der Waals surface area contributed by atoms with Gasteiger partial charge in [-0.15, -0.1) is 11.3 Å². The second kappa shape index (κ2) is 7.47. The second-order valence-corrected chi connectivity index (χ2v) is 8.66. The van der Waals surface area contributed by atoms with Crippen LogP contribution in [0.2, 0.25) is 0 Å². The van der Waals surface area contributed by atoms with E-state index in [1.807, 2.05) is 61.7 Å². The summed E-state index contributed by atoms with van der Waals surface area (Å²) in [5, 5.41) is 2.90. The fourth-order valence-corrected chi connectivity index (χ4v) is 4.52. The molecule has 0 bridgehead atoms. The Morgan fingerprint density at radius 1 is 1.08 bits per heavy atom. The number of aromatic nitrogens is 1. The van der Waals surface area contributed by atoms with Crippen LogP contribution in [0.4, 0.5) is 0 Å². The number of nitrogens with zero attached hydrogens (tertiary/aromatic N) is 1. The van der Waals surface area contributed by atoms with Gasteiger partial charge < -0.3 is 0 Å². The van der Waals surface area contributed by atoms with E-state index in [-0.39, 0.29) is 0 Å². The van der Waals surface area contributed by atoms with E-state index >= 15 is 0 Å². The minimum Gasteiger partial charge on any atom is -0.242 e. The number of hydrogen-bond donors (Lipinski definition) is 1. The van der Waals surface area contributed by atoms with Crippen LogP contribution in [0.25, 0.3) is 11.3 Å². The normalized spacial score (nSPS) is 11.6. The minimum atomic E-state index is -3.56. The van der Waals surface area contributed by atoms with Gasteiger partial charge in [-0.2, -0.15) is 0 Å². The Balaban J connectivity index is 1.79. The summed E-state index contributed by atoms with van der Waals surface area (Å²) in [5.74, 6) is 0. The molecule has 2 aromatic carbocycles. The van der Waals surface area contributed by atoms with Gasteiger partial charge in [0.25, 0.3) is 0 Å². The first-order valence-corrected chi connectivity index (χ1v) is 10.4. The summed E-state index contributed by atoms with van der Waals surface area (Å²) in [7, 11) is -3.56. The molecule has 0 radical (unpaired) electrons. The zero-order chi connectivity index (χ0) is 17.9. The largest absolute Gasteiger partial charge is 0.242 e. The molecule has 25 heavy (non-hydrogen) atoms. The summed E-state index contributed by atoms with van der Waals surface area (Å²) in [6, 6.07) is 15.3. The molecule has 0 fully saturated rings. The third-order valence-corrected chi connectivity index (χ3v) is 6.32. The molecule has 3 rings (SSSR count). The minimum absolute atomic E-state index is 0.309. The molecular weight excluding hydrogens is 352 g/mol. The van der Waals surface area contributed by atoms with Gasteiger partial charge in [-0.3, -0.25) is 0 Å². The fourth-order valence-electron chi connectivity index (χ4n) is 2.60. The average Bonchev–Trinajstić information content (AvgIpc) is 3.02. The predicted octanol–water partition coefficient (Wildman–Crippen LogP) is 3.95. The molecule has 0 aliphatic carbocycles. The average molecular weight is 373 g/mol. The van der Waals surface area contributed by atoms with Crippen LogP contribution in [0, 0.1) is 13.8 Å². The number of aryl methyl sites for hydroxylation is 2. The van der Waals surface area contributed by atoms with Crippen molar-refractivity contribution in [3.05, 3.63) is 70.0 Å². The van der Waals surface area contributed by atoms with E-state index in [2.05, 4.69) is 9.71 Å². The Morgan fingerprint density at radius 3 is 2.52 bits per heavy atom. The molecular formula is C19H20N2O2S2. The first-order valence-electron chi connectivity index (χ1n) is 8.02. The molecule has 6 heteroatoms. The highest BCUT2D eigenvalue weighted by Gasteiger charge is 2.18. The van der Waals surface area contributed by atoms with Crippen LogP contribution in [0.3, 0.4) is 0 Å². The van der Waals surface area contributed by atoms with Gasteiger partial charge >= 0.3 is 0 Å². The van der Waals surface area contributed by atoms with Crippen molar-refractivity contribution in [1.82, 2.24) is 9.71 Å². The Labute approximate surface area is 152 Å². The van der Waals surface area contributed by atoms with Gasteiger partial charge in [-0.05, 0) is 37.5 Å². The van der Waals surface area contributed by atoms with Crippen LogP contribution in [0.15, 0.2) is 58.8 Å². The molecule has 0 unspecified atom stereocenters. The summed E-state index contributed by atoms with van der Waals surface area (Å²) in [6.07, 6.45) is 0.657. The molecule has 3 aromatic rings. The summed E-state index contributed by atoms with van der Waals surface area (Å²) in [5.41, 5.74) is 3.46. The standard InChI is InChI=1S/C19H20N2O2S2/c1-14-8-9-17(18-13-24-15(2)21-18)12-19(14)25(22,23)20-11-10-16-6-4-3-5-7-16/h3-9,12-13,20H,10-11H2,1-2H3. The van der Waals surface area contributed by atoms with E-state index in [1.165, 1.54) is 0 Å². The molecule has 0 aliphatic rings. The third kappa shape index (κ3) is 4.34. The molecule has 1 aromatic heterocycles. The molecule has 0 saturated heterocycles. The van der Waals surface area contributed by atoms with E-state index in [0.717, 1.165) is 27.4 Å². The first kappa shape index (κ1) is 17.8. The number of nitrogens with one attached hydrogen (secondary N) is 1. The van der Waals surface area contributed by atoms with Gasteiger partial charge in [-0.25, -0.2) is 18.1 Å². The molecule has 130 valence electrons. The monoisotopic (exact) mass is 372 g/mol. The van der Waals surface area contributed by atoms with Gasteiger partial charge in [0.05, 0.1) is 15.6 Å². The van der Waals surface area contributed by atoms with E-state index in [4.69, 9.17) is 0 Å². The molecule has 1 N–H and O–H groups in total. The lowest BCUT2D eigenvalue weighted by molar-refractivity contribution is 0.581. The van der Waals surface area contributed by atoms with Crippen molar-refractivity contribution < 1.29 is 8.42 Å². The van der Waals surface area contributed by atoms with E-state index in [1.54, 1.807) is 17.4 Å². The SMILES string of the molecule is Cc1nc(-c2ccc(C)c(S(=O)(=O)NCCc3ccccc3)c2)cs1. The lowest BCUT2D eigenvalue weighted by atomic mass is 10.1. The van der Waals surface area contributed by atoms with Crippen molar-refractivity contribution in [2.75, 3.05) is 6.54 Å². The summed E-state index contributed by atoms with van der Waals surface area (Å²) >= 11 is 1.55. The topological polar surface area (TPSA) is 59.1 Å². The van der Waals surface area contributed by atoms with E-state index < -0.39 is 10.0 Å². The molecule has 0 atom stereocenters. The van der Waals surface area contributed by atoms with Crippen LogP contribution in [0.1, 0.15) is 16.1 Å². The number of sulfonamides is 1. The lowest BCUT2D eigenvalue weighted by Crippen LogP contribution is -2.26. The van der Waals surface area contributed by atoms with Crippen LogP contribution in [-0.2, 0) is 16.4 Å². The van der Waals surface area contributed by atoms with Crippen molar-refractivity contribution in [2.45, 2.75) is 25.2 Å². The van der Waals surface area contributed by atoms with Gasteiger partial charge in [0.15, 0.2) is 0 Å². The number of hydrogen-bond acceptors (Lipinski definition) is 4. The van der Waals surface area contributed by atoms with Crippen LogP contribution in [0.5, 0.6) is 0 Å². The number of benzene rings is 2. The van der Waals surface area contributed by atoms with Crippen molar-refractivity contribution in [3.63, 3.8) is 0 Å². The molecule has 0 spiro atoms. The molecule has 1 heterocycles. The summed E-state index contributed by atoms with van der Waals surface area (Å²) in [4.78, 5) is 4.75. The van der Waals surface area contributed by atoms with Gasteiger partial charge in [0.1, 0.15) is 0 Å². The molecule has 0 amide bonds. The van der Waals surface area contributed by atoms with Crippen molar-refractivity contribution in [1.29, 1.82) is 0 Å². The fraction of sp³-hybridized carbons (Fsp3) is 0.211. The highest BCUT2D eigenvalue weighted by atomic mass is 32.2. The zero-order valence-corrected chi connectivity index (χ0v) is 15.8.